The summed E-state index contributed by atoms with van der Waals surface area (Å²) < 4.78 is 10.6. The van der Waals surface area contributed by atoms with E-state index in [9.17, 15) is 0 Å². The van der Waals surface area contributed by atoms with Crippen LogP contribution >= 0.6 is 0 Å². The molecule has 6 nitrogen and oxygen atoms in total. The van der Waals surface area contributed by atoms with Gasteiger partial charge in [0.05, 0.1) is 14.2 Å². The van der Waals surface area contributed by atoms with Crippen molar-refractivity contribution < 1.29 is 9.47 Å². The van der Waals surface area contributed by atoms with Crippen LogP contribution in [0.25, 0.3) is 0 Å². The zero-order valence-electron chi connectivity index (χ0n) is 15.8. The zero-order valence-corrected chi connectivity index (χ0v) is 15.8. The molecule has 3 aromatic rings. The molecule has 0 saturated heterocycles. The normalized spacial score (nSPS) is 10.3. The highest BCUT2D eigenvalue weighted by molar-refractivity contribution is 5.49. The molecule has 0 aliphatic rings. The summed E-state index contributed by atoms with van der Waals surface area (Å²) in [6, 6.07) is 17.8. The highest BCUT2D eigenvalue weighted by Crippen LogP contribution is 2.20. The number of benzene rings is 2. The van der Waals surface area contributed by atoms with E-state index in [1.54, 1.807) is 14.2 Å². The van der Waals surface area contributed by atoms with Gasteiger partial charge in [-0.25, -0.2) is 9.97 Å². The van der Waals surface area contributed by atoms with E-state index >= 15 is 0 Å². The highest BCUT2D eigenvalue weighted by atomic mass is 16.5. The summed E-state index contributed by atoms with van der Waals surface area (Å²) in [5.74, 6) is 3.96. The van der Waals surface area contributed by atoms with Crippen LogP contribution in [0.4, 0.5) is 11.6 Å². The van der Waals surface area contributed by atoms with Gasteiger partial charge in [-0.1, -0.05) is 30.3 Å². The number of nitrogens with zero attached hydrogens (tertiary/aromatic N) is 2. The fourth-order valence-corrected chi connectivity index (χ4v) is 2.72. The molecule has 3 rings (SSSR count). The molecule has 0 saturated carbocycles. The van der Waals surface area contributed by atoms with Crippen molar-refractivity contribution in [3.63, 3.8) is 0 Å². The number of nitrogens with one attached hydrogen (secondary N) is 2. The van der Waals surface area contributed by atoms with E-state index in [2.05, 4.69) is 20.6 Å². The predicted molar refractivity (Wildman–Crippen MR) is 107 cm³/mol. The molecule has 0 spiro atoms. The lowest BCUT2D eigenvalue weighted by Gasteiger charge is -2.12. The van der Waals surface area contributed by atoms with Crippen molar-refractivity contribution in [2.75, 3.05) is 24.9 Å². The van der Waals surface area contributed by atoms with E-state index in [0.29, 0.717) is 18.9 Å². The van der Waals surface area contributed by atoms with Crippen LogP contribution in [-0.2, 0) is 13.1 Å². The van der Waals surface area contributed by atoms with Gasteiger partial charge >= 0.3 is 0 Å². The quantitative estimate of drug-likeness (QED) is 0.629. The van der Waals surface area contributed by atoms with Gasteiger partial charge in [-0.05, 0) is 30.7 Å². The molecule has 0 radical (unpaired) electrons. The van der Waals surface area contributed by atoms with E-state index in [4.69, 9.17) is 9.47 Å². The third kappa shape index (κ3) is 5.10. The summed E-state index contributed by atoms with van der Waals surface area (Å²) in [6.07, 6.45) is 0. The second-order valence-corrected chi connectivity index (χ2v) is 6.05. The number of hydrogen-bond donors (Lipinski definition) is 2. The van der Waals surface area contributed by atoms with Crippen LogP contribution in [0.2, 0.25) is 0 Å². The van der Waals surface area contributed by atoms with Gasteiger partial charge < -0.3 is 20.1 Å². The highest BCUT2D eigenvalue weighted by Gasteiger charge is 2.05. The van der Waals surface area contributed by atoms with E-state index in [-0.39, 0.29) is 0 Å². The molecule has 0 fully saturated rings. The topological polar surface area (TPSA) is 68.3 Å². The van der Waals surface area contributed by atoms with E-state index in [0.717, 1.165) is 34.3 Å². The van der Waals surface area contributed by atoms with Crippen LogP contribution in [-0.4, -0.2) is 24.2 Å². The van der Waals surface area contributed by atoms with Gasteiger partial charge in [0.25, 0.3) is 0 Å². The summed E-state index contributed by atoms with van der Waals surface area (Å²) in [5.41, 5.74) is 2.22. The lowest BCUT2D eigenvalue weighted by atomic mass is 10.2. The number of methoxy groups -OCH3 is 2. The van der Waals surface area contributed by atoms with Gasteiger partial charge in [0.1, 0.15) is 29.0 Å². The first-order chi connectivity index (χ1) is 13.2. The Bertz CT molecular complexity index is 882. The molecule has 0 aliphatic carbocycles. The molecule has 0 aliphatic heterocycles. The van der Waals surface area contributed by atoms with Crippen LogP contribution in [0, 0.1) is 6.92 Å². The molecular weight excluding hydrogens is 340 g/mol. The molecule has 0 bridgehead atoms. The number of hydrogen-bond acceptors (Lipinski definition) is 6. The molecule has 0 atom stereocenters. The van der Waals surface area contributed by atoms with E-state index in [1.807, 2.05) is 61.5 Å². The smallest absolute Gasteiger partial charge is 0.132 e. The van der Waals surface area contributed by atoms with Crippen LogP contribution < -0.4 is 20.1 Å². The molecule has 2 N–H and O–H groups in total. The van der Waals surface area contributed by atoms with Crippen LogP contribution in [0.5, 0.6) is 11.5 Å². The van der Waals surface area contributed by atoms with E-state index < -0.39 is 0 Å². The minimum absolute atomic E-state index is 0.623. The van der Waals surface area contributed by atoms with Gasteiger partial charge in [-0.2, -0.15) is 0 Å². The first kappa shape index (κ1) is 18.5. The van der Waals surface area contributed by atoms with Crippen molar-refractivity contribution in [1.29, 1.82) is 0 Å². The molecule has 2 aromatic carbocycles. The summed E-state index contributed by atoms with van der Waals surface area (Å²) in [5, 5.41) is 6.69. The Labute approximate surface area is 159 Å². The van der Waals surface area contributed by atoms with Crippen molar-refractivity contribution in [3.05, 3.63) is 71.5 Å². The number of aromatic nitrogens is 2. The molecule has 27 heavy (non-hydrogen) atoms. The van der Waals surface area contributed by atoms with Gasteiger partial charge in [-0.15, -0.1) is 0 Å². The Morgan fingerprint density at radius 2 is 1.48 bits per heavy atom. The van der Waals surface area contributed by atoms with Crippen molar-refractivity contribution in [2.24, 2.45) is 0 Å². The maximum atomic E-state index is 5.39. The SMILES string of the molecule is COc1ccc(CNc2cc(NCc3ccccc3OC)nc(C)n2)cc1. The summed E-state index contributed by atoms with van der Waals surface area (Å²) >= 11 is 0. The van der Waals surface area contributed by atoms with Gasteiger partial charge in [0, 0.05) is 24.7 Å². The second kappa shape index (κ2) is 8.89. The predicted octanol–water partition coefficient (Wildman–Crippen LogP) is 4.03. The van der Waals surface area contributed by atoms with Gasteiger partial charge in [0.15, 0.2) is 0 Å². The Balaban J connectivity index is 1.64. The molecule has 6 heteroatoms. The number of rotatable bonds is 8. The molecule has 0 amide bonds. The minimum atomic E-state index is 0.623. The number of aryl methyl sites for hydroxylation is 1. The van der Waals surface area contributed by atoms with Gasteiger partial charge in [0.2, 0.25) is 0 Å². The lowest BCUT2D eigenvalue weighted by molar-refractivity contribution is 0.410. The van der Waals surface area contributed by atoms with Crippen molar-refractivity contribution in [1.82, 2.24) is 9.97 Å². The molecule has 1 aromatic heterocycles. The van der Waals surface area contributed by atoms with Crippen molar-refractivity contribution >= 4 is 11.6 Å². The fraction of sp³-hybridized carbons (Fsp3) is 0.238. The first-order valence-corrected chi connectivity index (χ1v) is 8.76. The summed E-state index contributed by atoms with van der Waals surface area (Å²) in [7, 11) is 3.34. The average Bonchev–Trinajstić information content (AvgIpc) is 2.71. The number of para-hydroxylation sites is 1. The fourth-order valence-electron chi connectivity index (χ4n) is 2.72. The maximum absolute atomic E-state index is 5.39. The van der Waals surface area contributed by atoms with Crippen LogP contribution in [0.15, 0.2) is 54.6 Å². The second-order valence-electron chi connectivity index (χ2n) is 6.05. The third-order valence-electron chi connectivity index (χ3n) is 4.12. The Kier molecular flexibility index (Phi) is 6.10. The van der Waals surface area contributed by atoms with Crippen molar-refractivity contribution in [2.45, 2.75) is 20.0 Å². The number of ether oxygens (including phenoxy) is 2. The first-order valence-electron chi connectivity index (χ1n) is 8.76. The molecular formula is C21H24N4O2. The lowest BCUT2D eigenvalue weighted by Crippen LogP contribution is -2.07. The Hall–Kier alpha value is -3.28. The zero-order chi connectivity index (χ0) is 19.1. The van der Waals surface area contributed by atoms with Crippen molar-refractivity contribution in [3.8, 4) is 11.5 Å². The summed E-state index contributed by atoms with van der Waals surface area (Å²) in [6.45, 7) is 3.18. The molecule has 1 heterocycles. The summed E-state index contributed by atoms with van der Waals surface area (Å²) in [4.78, 5) is 8.92. The van der Waals surface area contributed by atoms with Crippen LogP contribution in [0.3, 0.4) is 0 Å². The Morgan fingerprint density at radius 3 is 2.15 bits per heavy atom. The van der Waals surface area contributed by atoms with Gasteiger partial charge in [-0.3, -0.25) is 0 Å². The monoisotopic (exact) mass is 364 g/mol. The average molecular weight is 364 g/mol. The third-order valence-corrected chi connectivity index (χ3v) is 4.12. The minimum Gasteiger partial charge on any atom is -0.497 e. The standard InChI is InChI=1S/C21H24N4O2/c1-15-24-20(22-13-16-8-10-18(26-2)11-9-16)12-21(25-15)23-14-17-6-4-5-7-19(17)27-3/h4-12H,13-14H2,1-3H3,(H2,22,23,24,25). The van der Waals surface area contributed by atoms with Crippen LogP contribution in [0.1, 0.15) is 17.0 Å². The molecule has 140 valence electrons. The Morgan fingerprint density at radius 1 is 0.815 bits per heavy atom. The number of anilines is 2. The maximum Gasteiger partial charge on any atom is 0.132 e. The molecule has 0 unspecified atom stereocenters. The van der Waals surface area contributed by atoms with E-state index in [1.165, 1.54) is 0 Å². The largest absolute Gasteiger partial charge is 0.497 e.